The van der Waals surface area contributed by atoms with Gasteiger partial charge in [0.2, 0.25) is 12.7 Å². The van der Waals surface area contributed by atoms with Crippen molar-refractivity contribution in [3.8, 4) is 11.5 Å². The molecule has 0 bridgehead atoms. The first-order valence-electron chi connectivity index (χ1n) is 8.34. The van der Waals surface area contributed by atoms with Crippen molar-refractivity contribution in [1.29, 1.82) is 0 Å². The van der Waals surface area contributed by atoms with E-state index in [0.717, 1.165) is 5.69 Å². The predicted molar refractivity (Wildman–Crippen MR) is 91.8 cm³/mol. The van der Waals surface area contributed by atoms with E-state index in [1.54, 1.807) is 23.1 Å². The Morgan fingerprint density at radius 3 is 2.85 bits per heavy atom. The summed E-state index contributed by atoms with van der Waals surface area (Å²) in [5.74, 6) is 0.185. The number of benzene rings is 2. The minimum Gasteiger partial charge on any atom is -0.454 e. The number of rotatable bonds is 4. The van der Waals surface area contributed by atoms with Crippen LogP contribution in [0.3, 0.4) is 0 Å². The zero-order chi connectivity index (χ0) is 18.1. The van der Waals surface area contributed by atoms with E-state index >= 15 is 0 Å². The van der Waals surface area contributed by atoms with E-state index < -0.39 is 11.7 Å². The molecule has 0 saturated carbocycles. The minimum absolute atomic E-state index is 0.00412. The number of hydrogen-bond acceptors (Lipinski definition) is 4. The summed E-state index contributed by atoms with van der Waals surface area (Å²) in [4.78, 5) is 26.1. The third-order valence-corrected chi connectivity index (χ3v) is 4.54. The van der Waals surface area contributed by atoms with Crippen LogP contribution in [0, 0.1) is 11.7 Å². The number of carbonyl (C=O) groups excluding carboxylic acids is 2. The maximum Gasteiger partial charge on any atom is 0.254 e. The maximum absolute atomic E-state index is 13.6. The van der Waals surface area contributed by atoms with Gasteiger partial charge in [-0.25, -0.2) is 4.39 Å². The summed E-state index contributed by atoms with van der Waals surface area (Å²) in [6.45, 7) is 0.966. The van der Waals surface area contributed by atoms with Gasteiger partial charge >= 0.3 is 0 Å². The van der Waals surface area contributed by atoms with Crippen LogP contribution in [0.5, 0.6) is 11.5 Å². The van der Waals surface area contributed by atoms with Crippen molar-refractivity contribution in [3.63, 3.8) is 0 Å². The second-order valence-corrected chi connectivity index (χ2v) is 6.30. The van der Waals surface area contributed by atoms with Gasteiger partial charge in [-0.1, -0.05) is 12.1 Å². The van der Waals surface area contributed by atoms with Crippen LogP contribution in [0.15, 0.2) is 42.5 Å². The van der Waals surface area contributed by atoms with Crippen molar-refractivity contribution in [3.05, 3.63) is 53.8 Å². The highest BCUT2D eigenvalue weighted by atomic mass is 19.1. The number of nitrogens with zero attached hydrogens (tertiary/aromatic N) is 1. The Hall–Kier alpha value is -3.09. The first-order valence-corrected chi connectivity index (χ1v) is 8.34. The van der Waals surface area contributed by atoms with Gasteiger partial charge in [-0.3, -0.25) is 9.59 Å². The Kier molecular flexibility index (Phi) is 4.20. The van der Waals surface area contributed by atoms with Gasteiger partial charge in [0.1, 0.15) is 5.82 Å². The summed E-state index contributed by atoms with van der Waals surface area (Å²) in [6.07, 6.45) is 0.325. The fourth-order valence-corrected chi connectivity index (χ4v) is 3.20. The van der Waals surface area contributed by atoms with E-state index in [4.69, 9.17) is 9.47 Å². The molecule has 134 valence electrons. The third-order valence-electron chi connectivity index (χ3n) is 4.54. The Bertz CT molecular complexity index is 870. The lowest BCUT2D eigenvalue weighted by molar-refractivity contribution is -0.117. The molecule has 1 saturated heterocycles. The molecule has 1 N–H and O–H groups in total. The van der Waals surface area contributed by atoms with Crippen LogP contribution in [0.1, 0.15) is 16.8 Å². The quantitative estimate of drug-likeness (QED) is 0.913. The molecule has 0 aliphatic carbocycles. The summed E-state index contributed by atoms with van der Waals surface area (Å²) >= 11 is 0. The van der Waals surface area contributed by atoms with Gasteiger partial charge in [0.15, 0.2) is 11.5 Å². The maximum atomic E-state index is 13.6. The standard InChI is InChI=1S/C19H17FN2O4/c20-15-4-2-1-3-14(15)19(24)21-9-12-7-18(23)22(10-12)13-5-6-16-17(8-13)26-11-25-16/h1-6,8,12H,7,9-11H2,(H,21,24). The molecule has 1 unspecified atom stereocenters. The Labute approximate surface area is 149 Å². The molecule has 2 aromatic carbocycles. The SMILES string of the molecule is O=C(NCC1CC(=O)N(c2ccc3c(c2)OCO3)C1)c1ccccc1F. The number of nitrogens with one attached hydrogen (secondary N) is 1. The molecule has 2 aliphatic rings. The molecule has 0 radical (unpaired) electrons. The predicted octanol–water partition coefficient (Wildman–Crippen LogP) is 2.34. The molecule has 2 amide bonds. The van der Waals surface area contributed by atoms with Crippen LogP contribution in [0.4, 0.5) is 10.1 Å². The second-order valence-electron chi connectivity index (χ2n) is 6.30. The minimum atomic E-state index is -0.561. The molecule has 26 heavy (non-hydrogen) atoms. The average molecular weight is 356 g/mol. The normalized spacial score (nSPS) is 18.3. The highest BCUT2D eigenvalue weighted by molar-refractivity contribution is 5.97. The summed E-state index contributed by atoms with van der Waals surface area (Å²) in [6, 6.07) is 11.2. The second kappa shape index (κ2) is 6.67. The van der Waals surface area contributed by atoms with Gasteiger partial charge in [-0.2, -0.15) is 0 Å². The molecule has 0 spiro atoms. The molecule has 2 aromatic rings. The zero-order valence-electron chi connectivity index (χ0n) is 13.9. The topological polar surface area (TPSA) is 67.9 Å². The van der Waals surface area contributed by atoms with Crippen molar-refractivity contribution >= 4 is 17.5 Å². The molecule has 7 heteroatoms. The molecular formula is C19H17FN2O4. The number of carbonyl (C=O) groups is 2. The lowest BCUT2D eigenvalue weighted by Crippen LogP contribution is -2.31. The molecular weight excluding hydrogens is 339 g/mol. The van der Waals surface area contributed by atoms with Crippen molar-refractivity contribution in [2.45, 2.75) is 6.42 Å². The van der Waals surface area contributed by atoms with Crippen molar-refractivity contribution in [2.24, 2.45) is 5.92 Å². The van der Waals surface area contributed by atoms with Crippen LogP contribution in [-0.4, -0.2) is 31.7 Å². The third kappa shape index (κ3) is 3.08. The smallest absolute Gasteiger partial charge is 0.254 e. The van der Waals surface area contributed by atoms with Gasteiger partial charge in [-0.15, -0.1) is 0 Å². The highest BCUT2D eigenvalue weighted by Crippen LogP contribution is 2.37. The van der Waals surface area contributed by atoms with E-state index in [1.807, 2.05) is 6.07 Å². The fourth-order valence-electron chi connectivity index (χ4n) is 3.20. The van der Waals surface area contributed by atoms with E-state index in [0.29, 0.717) is 31.0 Å². The molecule has 6 nitrogen and oxygen atoms in total. The first-order chi connectivity index (χ1) is 12.6. The summed E-state index contributed by atoms with van der Waals surface area (Å²) < 4.78 is 24.3. The highest BCUT2D eigenvalue weighted by Gasteiger charge is 2.31. The Morgan fingerprint density at radius 1 is 1.19 bits per heavy atom. The summed E-state index contributed by atoms with van der Waals surface area (Å²) in [5, 5.41) is 2.71. The first kappa shape index (κ1) is 16.4. The van der Waals surface area contributed by atoms with Gasteiger partial charge in [0, 0.05) is 37.2 Å². The number of hydrogen-bond donors (Lipinski definition) is 1. The van der Waals surface area contributed by atoms with Crippen LogP contribution in [-0.2, 0) is 4.79 Å². The number of ether oxygens (including phenoxy) is 2. The lowest BCUT2D eigenvalue weighted by Gasteiger charge is -2.17. The van der Waals surface area contributed by atoms with E-state index in [2.05, 4.69) is 5.32 Å². The molecule has 2 heterocycles. The van der Waals surface area contributed by atoms with Crippen LogP contribution in [0.25, 0.3) is 0 Å². The zero-order valence-corrected chi connectivity index (χ0v) is 13.9. The largest absolute Gasteiger partial charge is 0.454 e. The Morgan fingerprint density at radius 2 is 2.00 bits per heavy atom. The van der Waals surface area contributed by atoms with E-state index in [-0.39, 0.29) is 24.2 Å². The number of fused-ring (bicyclic) bond motifs is 1. The monoisotopic (exact) mass is 356 g/mol. The molecule has 1 fully saturated rings. The number of halogens is 1. The van der Waals surface area contributed by atoms with Crippen molar-refractivity contribution in [1.82, 2.24) is 5.32 Å². The van der Waals surface area contributed by atoms with E-state index in [9.17, 15) is 14.0 Å². The number of amides is 2. The lowest BCUT2D eigenvalue weighted by atomic mass is 10.1. The molecule has 1 atom stereocenters. The van der Waals surface area contributed by atoms with Crippen molar-refractivity contribution < 1.29 is 23.5 Å². The van der Waals surface area contributed by atoms with Crippen molar-refractivity contribution in [2.75, 3.05) is 24.8 Å². The van der Waals surface area contributed by atoms with E-state index in [1.165, 1.54) is 18.2 Å². The summed E-state index contributed by atoms with van der Waals surface area (Å²) in [5.41, 5.74) is 0.742. The van der Waals surface area contributed by atoms with Crippen LogP contribution >= 0.6 is 0 Å². The average Bonchev–Trinajstić information content (AvgIpc) is 3.25. The van der Waals surface area contributed by atoms with Crippen LogP contribution < -0.4 is 19.7 Å². The van der Waals surface area contributed by atoms with Gasteiger partial charge < -0.3 is 19.7 Å². The van der Waals surface area contributed by atoms with Gasteiger partial charge in [0.25, 0.3) is 5.91 Å². The van der Waals surface area contributed by atoms with Gasteiger partial charge in [-0.05, 0) is 24.3 Å². The molecule has 2 aliphatic heterocycles. The Balaban J connectivity index is 1.39. The van der Waals surface area contributed by atoms with Crippen LogP contribution in [0.2, 0.25) is 0 Å². The van der Waals surface area contributed by atoms with Gasteiger partial charge in [0.05, 0.1) is 5.56 Å². The summed E-state index contributed by atoms with van der Waals surface area (Å²) in [7, 11) is 0. The fraction of sp³-hybridized carbons (Fsp3) is 0.263. The molecule has 0 aromatic heterocycles. The number of anilines is 1. The molecule has 4 rings (SSSR count).